The fraction of sp³-hybridized carbons (Fsp3) is 0.211. The molecule has 0 fully saturated rings. The highest BCUT2D eigenvalue weighted by Gasteiger charge is 2.30. The summed E-state index contributed by atoms with van der Waals surface area (Å²) in [5.41, 5.74) is -0.0400. The van der Waals surface area contributed by atoms with Crippen LogP contribution in [0.25, 0.3) is 17.0 Å². The Labute approximate surface area is 185 Å². The van der Waals surface area contributed by atoms with Gasteiger partial charge in [-0.25, -0.2) is 14.5 Å². The molecule has 0 spiro atoms. The van der Waals surface area contributed by atoms with Gasteiger partial charge in [-0.05, 0) is 31.5 Å². The highest BCUT2D eigenvalue weighted by molar-refractivity contribution is 7.59. The molecule has 0 bridgehead atoms. The number of aromatic amines is 1. The number of fused-ring (bicyclic) bond motifs is 1. The molecule has 1 atom stereocenters. The minimum absolute atomic E-state index is 0. The van der Waals surface area contributed by atoms with Crippen molar-refractivity contribution < 1.29 is 23.1 Å². The molecule has 0 radical (unpaired) electrons. The quantitative estimate of drug-likeness (QED) is 0.477. The molecule has 0 unspecified atom stereocenters. The summed E-state index contributed by atoms with van der Waals surface area (Å²) < 4.78 is 41.0. The summed E-state index contributed by atoms with van der Waals surface area (Å²) in [4.78, 5) is 30.7. The first-order valence-corrected chi connectivity index (χ1v) is 9.01. The van der Waals surface area contributed by atoms with Crippen molar-refractivity contribution >= 4 is 30.5 Å². The number of carboxylic acids is 1. The van der Waals surface area contributed by atoms with Gasteiger partial charge in [-0.2, -0.15) is 36.9 Å². The number of carboxylic acid groups (broad SMARTS) is 1. The zero-order chi connectivity index (χ0) is 22.5. The number of nitrogens with zero attached hydrogens (tertiary/aromatic N) is 5. The van der Waals surface area contributed by atoms with E-state index >= 15 is 0 Å². The number of H-pyrrole nitrogens is 1. The fourth-order valence-electron chi connectivity index (χ4n) is 3.21. The molecule has 13 heteroatoms. The second kappa shape index (κ2) is 8.15. The molecular formula is C19H17F3N6O3S. The van der Waals surface area contributed by atoms with E-state index < -0.39 is 29.3 Å². The lowest BCUT2D eigenvalue weighted by molar-refractivity contribution is -0.137. The summed E-state index contributed by atoms with van der Waals surface area (Å²) in [6.07, 6.45) is -2.12. The maximum atomic E-state index is 12.8. The Bertz CT molecular complexity index is 1360. The zero-order valence-electron chi connectivity index (χ0n) is 16.7. The van der Waals surface area contributed by atoms with Crippen LogP contribution in [0.15, 0.2) is 41.5 Å². The van der Waals surface area contributed by atoms with Gasteiger partial charge in [-0.1, -0.05) is 12.1 Å². The summed E-state index contributed by atoms with van der Waals surface area (Å²) in [5.74, 6) is -1.17. The van der Waals surface area contributed by atoms with Crippen LogP contribution in [0.2, 0.25) is 0 Å². The molecule has 32 heavy (non-hydrogen) atoms. The van der Waals surface area contributed by atoms with Gasteiger partial charge in [0.25, 0.3) is 5.56 Å². The molecule has 0 saturated heterocycles. The summed E-state index contributed by atoms with van der Waals surface area (Å²) in [6.45, 7) is 3.34. The summed E-state index contributed by atoms with van der Waals surface area (Å²) in [7, 11) is 0. The molecule has 0 saturated carbocycles. The maximum Gasteiger partial charge on any atom is 0.416 e. The van der Waals surface area contributed by atoms with Gasteiger partial charge in [0.1, 0.15) is 5.52 Å². The van der Waals surface area contributed by atoms with E-state index in [-0.39, 0.29) is 36.0 Å². The largest absolute Gasteiger partial charge is 0.478 e. The Morgan fingerprint density at radius 2 is 1.88 bits per heavy atom. The molecule has 168 valence electrons. The molecule has 4 rings (SSSR count). The van der Waals surface area contributed by atoms with E-state index in [1.807, 2.05) is 0 Å². The third kappa shape index (κ3) is 3.98. The van der Waals surface area contributed by atoms with Gasteiger partial charge in [0.05, 0.1) is 29.1 Å². The van der Waals surface area contributed by atoms with E-state index in [1.165, 1.54) is 23.0 Å². The number of nitrogens with one attached hydrogen (secondary N) is 1. The van der Waals surface area contributed by atoms with Crippen molar-refractivity contribution in [2.24, 2.45) is 0 Å². The lowest BCUT2D eigenvalue weighted by Gasteiger charge is -2.15. The number of carbonyl (C=O) groups is 1. The standard InChI is InChI=1S/C19H15F3N6O3.H2S/c1-9-14-15(16(29)25-18(24-14)27-8-12(7-23-27)17(30)31)28(26-9)10(2)11-3-5-13(6-4-11)19(20,21)22;/h3-8,10H,1-2H3,(H,30,31)(H,24,25,29);1H2/t10-;/m0./s1. The average Bonchev–Trinajstić information content (AvgIpc) is 3.33. The van der Waals surface area contributed by atoms with E-state index in [2.05, 4.69) is 20.2 Å². The zero-order valence-corrected chi connectivity index (χ0v) is 17.7. The molecule has 0 aliphatic carbocycles. The number of aromatic carboxylic acids is 1. The van der Waals surface area contributed by atoms with Crippen molar-refractivity contribution in [2.45, 2.75) is 26.1 Å². The van der Waals surface area contributed by atoms with E-state index in [1.54, 1.807) is 13.8 Å². The second-order valence-corrected chi connectivity index (χ2v) is 6.89. The van der Waals surface area contributed by atoms with Gasteiger partial charge >= 0.3 is 12.1 Å². The first kappa shape index (κ1) is 23.1. The Morgan fingerprint density at radius 3 is 2.44 bits per heavy atom. The number of aryl methyl sites for hydroxylation is 1. The van der Waals surface area contributed by atoms with E-state index in [0.29, 0.717) is 11.3 Å². The van der Waals surface area contributed by atoms with Crippen molar-refractivity contribution in [2.75, 3.05) is 0 Å². The maximum absolute atomic E-state index is 12.8. The highest BCUT2D eigenvalue weighted by Crippen LogP contribution is 2.31. The predicted octanol–water partition coefficient (Wildman–Crippen LogP) is 3.05. The first-order chi connectivity index (χ1) is 14.6. The van der Waals surface area contributed by atoms with Crippen LogP contribution >= 0.6 is 13.5 Å². The van der Waals surface area contributed by atoms with Crippen LogP contribution in [0, 0.1) is 6.92 Å². The van der Waals surface area contributed by atoms with Crippen LogP contribution < -0.4 is 5.56 Å². The molecule has 1 aromatic carbocycles. The van der Waals surface area contributed by atoms with Crippen molar-refractivity contribution in [3.8, 4) is 5.95 Å². The minimum atomic E-state index is -4.44. The number of aromatic nitrogens is 6. The van der Waals surface area contributed by atoms with Crippen LogP contribution in [0.3, 0.4) is 0 Å². The fourth-order valence-corrected chi connectivity index (χ4v) is 3.21. The Balaban J connectivity index is 0.00000289. The highest BCUT2D eigenvalue weighted by atomic mass is 32.1. The SMILES string of the molecule is Cc1nn([C@@H](C)c2ccc(C(F)(F)F)cc2)c2c(=O)[nH]c(-n3cc(C(=O)O)cn3)nc12.S. The number of rotatable bonds is 4. The van der Waals surface area contributed by atoms with Crippen molar-refractivity contribution in [1.82, 2.24) is 29.5 Å². The summed E-state index contributed by atoms with van der Waals surface area (Å²) in [6, 6.07) is 4.08. The Hall–Kier alpha value is -3.61. The van der Waals surface area contributed by atoms with Gasteiger partial charge in [0, 0.05) is 6.20 Å². The average molecular weight is 466 g/mol. The topological polar surface area (TPSA) is 119 Å². The van der Waals surface area contributed by atoms with Gasteiger partial charge in [-0.3, -0.25) is 14.5 Å². The molecule has 3 heterocycles. The van der Waals surface area contributed by atoms with Gasteiger partial charge in [0.2, 0.25) is 5.95 Å². The van der Waals surface area contributed by atoms with E-state index in [9.17, 15) is 22.8 Å². The second-order valence-electron chi connectivity index (χ2n) is 6.89. The Kier molecular flexibility index (Phi) is 5.87. The number of hydrogen-bond donors (Lipinski definition) is 2. The van der Waals surface area contributed by atoms with Gasteiger partial charge in [0.15, 0.2) is 5.52 Å². The molecule has 2 N–H and O–H groups in total. The number of benzene rings is 1. The smallest absolute Gasteiger partial charge is 0.416 e. The minimum Gasteiger partial charge on any atom is -0.478 e. The van der Waals surface area contributed by atoms with Crippen molar-refractivity contribution in [1.29, 1.82) is 0 Å². The van der Waals surface area contributed by atoms with Crippen molar-refractivity contribution in [3.63, 3.8) is 0 Å². The molecule has 0 aliphatic heterocycles. The number of halogens is 3. The van der Waals surface area contributed by atoms with Crippen LogP contribution in [0.4, 0.5) is 13.2 Å². The summed E-state index contributed by atoms with van der Waals surface area (Å²) >= 11 is 0. The predicted molar refractivity (Wildman–Crippen MR) is 113 cm³/mol. The van der Waals surface area contributed by atoms with Crippen LogP contribution in [-0.4, -0.2) is 40.6 Å². The normalized spacial score (nSPS) is 12.5. The lowest BCUT2D eigenvalue weighted by Crippen LogP contribution is -2.19. The first-order valence-electron chi connectivity index (χ1n) is 9.01. The summed E-state index contributed by atoms with van der Waals surface area (Å²) in [5, 5.41) is 17.3. The molecule has 4 aromatic rings. The number of hydrogen-bond acceptors (Lipinski definition) is 5. The van der Waals surface area contributed by atoms with Crippen molar-refractivity contribution in [3.05, 3.63) is 69.4 Å². The molecule has 0 aliphatic rings. The van der Waals surface area contributed by atoms with E-state index in [0.717, 1.165) is 23.0 Å². The number of alkyl halides is 3. The van der Waals surface area contributed by atoms with Crippen LogP contribution in [0.1, 0.15) is 40.1 Å². The van der Waals surface area contributed by atoms with E-state index in [4.69, 9.17) is 5.11 Å². The third-order valence-corrected chi connectivity index (χ3v) is 4.85. The molecule has 3 aromatic heterocycles. The van der Waals surface area contributed by atoms with Crippen LogP contribution in [-0.2, 0) is 6.18 Å². The van der Waals surface area contributed by atoms with Crippen LogP contribution in [0.5, 0.6) is 0 Å². The lowest BCUT2D eigenvalue weighted by atomic mass is 10.1. The molecule has 9 nitrogen and oxygen atoms in total. The van der Waals surface area contributed by atoms with Gasteiger partial charge in [-0.15, -0.1) is 0 Å². The third-order valence-electron chi connectivity index (χ3n) is 4.85. The molecular weight excluding hydrogens is 449 g/mol. The monoisotopic (exact) mass is 466 g/mol. The molecule has 0 amide bonds. The van der Waals surface area contributed by atoms with Gasteiger partial charge < -0.3 is 5.11 Å². The Morgan fingerprint density at radius 1 is 1.22 bits per heavy atom.